The van der Waals surface area contributed by atoms with E-state index < -0.39 is 15.1 Å². The van der Waals surface area contributed by atoms with Gasteiger partial charge >= 0.3 is 0 Å². The Labute approximate surface area is 117 Å². The van der Waals surface area contributed by atoms with Gasteiger partial charge in [0.15, 0.2) is 9.84 Å². The minimum absolute atomic E-state index is 0.181. The van der Waals surface area contributed by atoms with E-state index in [2.05, 4.69) is 15.9 Å². The topological polar surface area (TPSA) is 63.7 Å². The Kier molecular flexibility index (Phi) is 6.07. The number of amides is 1. The van der Waals surface area contributed by atoms with Crippen molar-refractivity contribution in [3.63, 3.8) is 0 Å². The van der Waals surface area contributed by atoms with Gasteiger partial charge in [0.25, 0.3) is 0 Å². The minimum Gasteiger partial charge on any atom is -0.377 e. The molecule has 0 N–H and O–H groups in total. The van der Waals surface area contributed by atoms with Crippen molar-refractivity contribution in [3.05, 3.63) is 0 Å². The second-order valence-corrected chi connectivity index (χ2v) is 7.72. The molecule has 0 aromatic carbocycles. The van der Waals surface area contributed by atoms with Gasteiger partial charge in [0.2, 0.25) is 5.91 Å². The first kappa shape index (κ1) is 15.9. The summed E-state index contributed by atoms with van der Waals surface area (Å²) in [5.74, 6) is -0.295. The van der Waals surface area contributed by atoms with E-state index in [1.54, 1.807) is 4.90 Å². The summed E-state index contributed by atoms with van der Waals surface area (Å²) in [6, 6.07) is 0. The Morgan fingerprint density at radius 1 is 1.44 bits per heavy atom. The third-order valence-corrected chi connectivity index (χ3v) is 4.98. The molecule has 1 rings (SSSR count). The van der Waals surface area contributed by atoms with E-state index in [1.807, 2.05) is 0 Å². The van der Waals surface area contributed by atoms with Crippen molar-refractivity contribution >= 4 is 31.7 Å². The number of halogens is 1. The summed E-state index contributed by atoms with van der Waals surface area (Å²) in [6.07, 6.45) is 2.83. The fourth-order valence-corrected chi connectivity index (χ4v) is 2.60. The van der Waals surface area contributed by atoms with Crippen LogP contribution in [0.5, 0.6) is 0 Å². The molecule has 0 spiro atoms. The summed E-state index contributed by atoms with van der Waals surface area (Å²) in [6.45, 7) is 3.26. The number of rotatable bonds is 5. The molecule has 7 heteroatoms. The minimum atomic E-state index is -3.31. The molecule has 1 amide bonds. The van der Waals surface area contributed by atoms with Gasteiger partial charge in [-0.2, -0.15) is 0 Å². The van der Waals surface area contributed by atoms with Crippen LogP contribution in [0.4, 0.5) is 0 Å². The van der Waals surface area contributed by atoms with Gasteiger partial charge < -0.3 is 9.64 Å². The molecule has 1 aliphatic rings. The summed E-state index contributed by atoms with van der Waals surface area (Å²) >= 11 is 3.30. The maximum Gasteiger partial charge on any atom is 0.240 e. The average Bonchev–Trinajstić information content (AvgIpc) is 2.34. The summed E-state index contributed by atoms with van der Waals surface area (Å²) in [4.78, 5) is 13.6. The van der Waals surface area contributed by atoms with Crippen LogP contribution in [0, 0.1) is 0 Å². The molecule has 1 aliphatic heterocycles. The van der Waals surface area contributed by atoms with E-state index in [0.717, 1.165) is 24.4 Å². The van der Waals surface area contributed by atoms with Crippen LogP contribution in [0.15, 0.2) is 0 Å². The maximum absolute atomic E-state index is 12.0. The van der Waals surface area contributed by atoms with Gasteiger partial charge in [-0.1, -0.05) is 15.9 Å². The van der Waals surface area contributed by atoms with Crippen LogP contribution >= 0.6 is 15.9 Å². The third kappa shape index (κ3) is 4.51. The van der Waals surface area contributed by atoms with Crippen molar-refractivity contribution in [2.24, 2.45) is 0 Å². The smallest absolute Gasteiger partial charge is 0.240 e. The molecule has 0 aromatic heterocycles. The summed E-state index contributed by atoms with van der Waals surface area (Å²) in [7, 11) is -3.31. The largest absolute Gasteiger partial charge is 0.377 e. The highest BCUT2D eigenvalue weighted by molar-refractivity contribution is 9.09. The van der Waals surface area contributed by atoms with Crippen molar-refractivity contribution in [3.8, 4) is 0 Å². The molecular weight excluding hydrogens is 322 g/mol. The average molecular weight is 342 g/mol. The molecule has 1 unspecified atom stereocenters. The number of piperidine rings is 1. The molecule has 0 radical (unpaired) electrons. The van der Waals surface area contributed by atoms with Gasteiger partial charge in [-0.05, 0) is 19.8 Å². The van der Waals surface area contributed by atoms with Crippen molar-refractivity contribution in [1.82, 2.24) is 4.90 Å². The number of likely N-dealkylation sites (tertiary alicyclic amines) is 1. The fraction of sp³-hybridized carbons (Fsp3) is 0.909. The van der Waals surface area contributed by atoms with E-state index in [4.69, 9.17) is 4.74 Å². The third-order valence-electron chi connectivity index (χ3n) is 3.17. The Bertz CT molecular complexity index is 377. The van der Waals surface area contributed by atoms with Gasteiger partial charge in [-0.3, -0.25) is 4.79 Å². The zero-order chi connectivity index (χ0) is 13.8. The fourth-order valence-electron chi connectivity index (χ4n) is 1.89. The standard InChI is InChI=1S/C11H20BrNO4S/c1-9(18(2,15)16)11(14)13-6-3-10(4-7-13)17-8-5-12/h9-10H,3-8H2,1-2H3. The normalized spacial score (nSPS) is 19.8. The van der Waals surface area contributed by atoms with Crippen molar-refractivity contribution in [2.75, 3.05) is 31.3 Å². The van der Waals surface area contributed by atoms with Crippen LogP contribution in [-0.4, -0.2) is 61.9 Å². The van der Waals surface area contributed by atoms with Crippen molar-refractivity contribution in [1.29, 1.82) is 0 Å². The number of carbonyl (C=O) groups excluding carboxylic acids is 1. The Morgan fingerprint density at radius 2 is 2.00 bits per heavy atom. The molecule has 1 fully saturated rings. The Balaban J connectivity index is 2.45. The number of alkyl halides is 1. The van der Waals surface area contributed by atoms with Gasteiger partial charge in [0, 0.05) is 24.7 Å². The Morgan fingerprint density at radius 3 is 2.44 bits per heavy atom. The lowest BCUT2D eigenvalue weighted by atomic mass is 10.1. The monoisotopic (exact) mass is 341 g/mol. The number of ether oxygens (including phenoxy) is 1. The predicted octanol–water partition coefficient (Wildman–Crippen LogP) is 0.822. The van der Waals surface area contributed by atoms with Gasteiger partial charge in [-0.15, -0.1) is 0 Å². The van der Waals surface area contributed by atoms with E-state index in [-0.39, 0.29) is 12.0 Å². The van der Waals surface area contributed by atoms with Crippen molar-refractivity contribution in [2.45, 2.75) is 31.1 Å². The second kappa shape index (κ2) is 6.86. The molecule has 106 valence electrons. The lowest BCUT2D eigenvalue weighted by molar-refractivity contribution is -0.133. The molecule has 0 saturated carbocycles. The van der Waals surface area contributed by atoms with Crippen LogP contribution in [-0.2, 0) is 19.4 Å². The van der Waals surface area contributed by atoms with Gasteiger partial charge in [0.1, 0.15) is 5.25 Å². The molecule has 0 aliphatic carbocycles. The van der Waals surface area contributed by atoms with Gasteiger partial charge in [-0.25, -0.2) is 8.42 Å². The van der Waals surface area contributed by atoms with Crippen LogP contribution < -0.4 is 0 Å². The molecule has 1 saturated heterocycles. The summed E-state index contributed by atoms with van der Waals surface area (Å²) in [5, 5.41) is -0.144. The highest BCUT2D eigenvalue weighted by Gasteiger charge is 2.31. The lowest BCUT2D eigenvalue weighted by Crippen LogP contribution is -2.46. The Hall–Kier alpha value is -0.140. The number of nitrogens with zero attached hydrogens (tertiary/aromatic N) is 1. The van der Waals surface area contributed by atoms with Crippen LogP contribution in [0.3, 0.4) is 0 Å². The summed E-state index contributed by atoms with van der Waals surface area (Å²) < 4.78 is 28.3. The first-order chi connectivity index (χ1) is 8.36. The molecule has 1 atom stereocenters. The number of hydrogen-bond acceptors (Lipinski definition) is 4. The number of carbonyl (C=O) groups is 1. The van der Waals surface area contributed by atoms with E-state index in [0.29, 0.717) is 19.7 Å². The number of sulfone groups is 1. The summed E-state index contributed by atoms with van der Waals surface area (Å²) in [5.41, 5.74) is 0. The van der Waals surface area contributed by atoms with E-state index in [9.17, 15) is 13.2 Å². The zero-order valence-electron chi connectivity index (χ0n) is 10.8. The van der Waals surface area contributed by atoms with E-state index in [1.165, 1.54) is 6.92 Å². The molecule has 18 heavy (non-hydrogen) atoms. The molecule has 5 nitrogen and oxygen atoms in total. The van der Waals surface area contributed by atoms with Crippen molar-refractivity contribution < 1.29 is 17.9 Å². The van der Waals surface area contributed by atoms with Gasteiger partial charge in [0.05, 0.1) is 12.7 Å². The van der Waals surface area contributed by atoms with E-state index >= 15 is 0 Å². The maximum atomic E-state index is 12.0. The highest BCUT2D eigenvalue weighted by atomic mass is 79.9. The van der Waals surface area contributed by atoms with Crippen LogP contribution in [0.25, 0.3) is 0 Å². The number of hydrogen-bond donors (Lipinski definition) is 0. The molecule has 0 aromatic rings. The predicted molar refractivity (Wildman–Crippen MR) is 73.7 cm³/mol. The molecule has 1 heterocycles. The van der Waals surface area contributed by atoms with Crippen LogP contribution in [0.1, 0.15) is 19.8 Å². The zero-order valence-corrected chi connectivity index (χ0v) is 13.2. The highest BCUT2D eigenvalue weighted by Crippen LogP contribution is 2.16. The SMILES string of the molecule is CC(C(=O)N1CCC(OCCBr)CC1)S(C)(=O)=O. The lowest BCUT2D eigenvalue weighted by Gasteiger charge is -2.33. The molecule has 0 bridgehead atoms. The first-order valence-electron chi connectivity index (χ1n) is 6.01. The first-order valence-corrected chi connectivity index (χ1v) is 9.09. The molecular formula is C11H20BrNO4S. The second-order valence-electron chi connectivity index (χ2n) is 4.56. The quantitative estimate of drug-likeness (QED) is 0.694. The van der Waals surface area contributed by atoms with Crippen LogP contribution in [0.2, 0.25) is 0 Å².